The van der Waals surface area contributed by atoms with Crippen LogP contribution in [-0.4, -0.2) is 41.2 Å². The van der Waals surface area contributed by atoms with Gasteiger partial charge in [0.2, 0.25) is 10.0 Å². The molecule has 2 heterocycles. The molecule has 0 amide bonds. The largest absolute Gasteiger partial charge is 0.373 e. The van der Waals surface area contributed by atoms with Crippen LogP contribution in [0.1, 0.15) is 29.2 Å². The van der Waals surface area contributed by atoms with Gasteiger partial charge in [0.15, 0.2) is 0 Å². The van der Waals surface area contributed by atoms with E-state index in [4.69, 9.17) is 9.88 Å². The van der Waals surface area contributed by atoms with Gasteiger partial charge in [0, 0.05) is 26.2 Å². The quantitative estimate of drug-likeness (QED) is 0.800. The molecule has 0 radical (unpaired) electrons. The van der Waals surface area contributed by atoms with Crippen molar-refractivity contribution in [3.05, 3.63) is 59.2 Å². The molecule has 2 aliphatic rings. The number of nitrogens with one attached hydrogen (secondary N) is 1. The van der Waals surface area contributed by atoms with Gasteiger partial charge in [-0.15, -0.1) is 0 Å². The molecule has 0 aromatic heterocycles. The molecule has 0 saturated carbocycles. The van der Waals surface area contributed by atoms with Crippen molar-refractivity contribution in [2.75, 3.05) is 37.7 Å². The lowest BCUT2D eigenvalue weighted by molar-refractivity contribution is 0.0368. The lowest BCUT2D eigenvalue weighted by atomic mass is 9.93. The number of aryl methyl sites for hydroxylation is 1. The van der Waals surface area contributed by atoms with Crippen molar-refractivity contribution in [1.82, 2.24) is 5.32 Å². The summed E-state index contributed by atoms with van der Waals surface area (Å²) in [6.45, 7) is 3.92. The van der Waals surface area contributed by atoms with Crippen molar-refractivity contribution < 1.29 is 13.2 Å². The molecule has 1 atom stereocenters. The summed E-state index contributed by atoms with van der Waals surface area (Å²) in [6, 6.07) is 13.8. The van der Waals surface area contributed by atoms with E-state index in [-0.39, 0.29) is 11.0 Å². The van der Waals surface area contributed by atoms with Gasteiger partial charge >= 0.3 is 0 Å². The molecule has 1 fully saturated rings. The first-order valence-corrected chi connectivity index (χ1v) is 11.4. The highest BCUT2D eigenvalue weighted by Crippen LogP contribution is 2.34. The topological polar surface area (TPSA) is 84.7 Å². The Morgan fingerprint density at radius 2 is 1.89 bits per heavy atom. The van der Waals surface area contributed by atoms with Crippen molar-refractivity contribution in [3.8, 4) is 0 Å². The summed E-state index contributed by atoms with van der Waals surface area (Å²) in [6.07, 6.45) is 2.53. The molecule has 28 heavy (non-hydrogen) atoms. The normalized spacial score (nSPS) is 20.0. The average Bonchev–Trinajstić information content (AvgIpc) is 2.72. The van der Waals surface area contributed by atoms with Gasteiger partial charge < -0.3 is 15.0 Å². The molecule has 1 unspecified atom stereocenters. The van der Waals surface area contributed by atoms with Gasteiger partial charge in [-0.05, 0) is 42.0 Å². The minimum Gasteiger partial charge on any atom is -0.373 e. The van der Waals surface area contributed by atoms with E-state index >= 15 is 0 Å². The summed E-state index contributed by atoms with van der Waals surface area (Å²) >= 11 is 0. The summed E-state index contributed by atoms with van der Waals surface area (Å²) in [5.74, 6) is 0. The van der Waals surface area contributed by atoms with Gasteiger partial charge in [0.1, 0.15) is 4.90 Å². The number of hydrogen-bond donors (Lipinski definition) is 2. The first-order valence-electron chi connectivity index (χ1n) is 9.84. The molecule has 1 saturated heterocycles. The third-order valence-electron chi connectivity index (χ3n) is 5.59. The number of benzene rings is 2. The van der Waals surface area contributed by atoms with Crippen molar-refractivity contribution in [3.63, 3.8) is 0 Å². The fourth-order valence-corrected chi connectivity index (χ4v) is 5.05. The number of ether oxygens (including phenoxy) is 1. The van der Waals surface area contributed by atoms with Crippen molar-refractivity contribution >= 4 is 15.7 Å². The molecular weight excluding hydrogens is 374 g/mol. The van der Waals surface area contributed by atoms with Gasteiger partial charge in [-0.2, -0.15) is 0 Å². The number of nitrogens with two attached hydrogens (primary N) is 1. The van der Waals surface area contributed by atoms with Crippen LogP contribution >= 0.6 is 0 Å². The average molecular weight is 402 g/mol. The number of anilines is 1. The van der Waals surface area contributed by atoms with E-state index in [1.54, 1.807) is 12.1 Å². The maximum Gasteiger partial charge on any atom is 0.240 e. The third kappa shape index (κ3) is 4.07. The molecule has 7 heteroatoms. The van der Waals surface area contributed by atoms with E-state index in [1.807, 2.05) is 12.1 Å². The number of para-hydroxylation sites is 1. The van der Waals surface area contributed by atoms with Crippen molar-refractivity contribution in [1.29, 1.82) is 0 Å². The Kier molecular flexibility index (Phi) is 5.68. The number of hydrogen-bond acceptors (Lipinski definition) is 5. The smallest absolute Gasteiger partial charge is 0.240 e. The van der Waals surface area contributed by atoms with E-state index in [2.05, 4.69) is 28.4 Å². The standard InChI is InChI=1S/C21H27N3O3S/c22-28(25,26)20-7-3-5-17(21(20)24-13-11-23-12-14-24)8-9-19-18-6-2-1-4-16(18)10-15-27-19/h1-7,19,23H,8-15H2,(H2,22,25,26). The summed E-state index contributed by atoms with van der Waals surface area (Å²) in [4.78, 5) is 2.36. The zero-order valence-electron chi connectivity index (χ0n) is 15.9. The highest BCUT2D eigenvalue weighted by molar-refractivity contribution is 7.89. The molecule has 150 valence electrons. The lowest BCUT2D eigenvalue weighted by Crippen LogP contribution is -2.44. The van der Waals surface area contributed by atoms with Crippen LogP contribution in [0.5, 0.6) is 0 Å². The van der Waals surface area contributed by atoms with Crippen LogP contribution in [-0.2, 0) is 27.6 Å². The second kappa shape index (κ2) is 8.21. The molecule has 6 nitrogen and oxygen atoms in total. The summed E-state index contributed by atoms with van der Waals surface area (Å²) in [7, 11) is -3.79. The molecule has 0 bridgehead atoms. The molecule has 2 aliphatic heterocycles. The number of nitrogens with zero attached hydrogens (tertiary/aromatic N) is 1. The molecule has 4 rings (SSSR count). The predicted molar refractivity (Wildman–Crippen MR) is 110 cm³/mol. The van der Waals surface area contributed by atoms with Crippen LogP contribution in [0, 0.1) is 0 Å². The van der Waals surface area contributed by atoms with Gasteiger partial charge in [-0.1, -0.05) is 36.4 Å². The van der Waals surface area contributed by atoms with E-state index in [0.717, 1.165) is 63.3 Å². The third-order valence-corrected chi connectivity index (χ3v) is 6.53. The predicted octanol–water partition coefficient (Wildman–Crippen LogP) is 1.99. The fraction of sp³-hybridized carbons (Fsp3) is 0.429. The van der Waals surface area contributed by atoms with Gasteiger partial charge in [0.05, 0.1) is 18.4 Å². The summed E-state index contributed by atoms with van der Waals surface area (Å²) < 4.78 is 30.5. The number of sulfonamides is 1. The first kappa shape index (κ1) is 19.4. The molecule has 0 spiro atoms. The Morgan fingerprint density at radius 1 is 1.11 bits per heavy atom. The maximum atomic E-state index is 12.2. The monoisotopic (exact) mass is 401 g/mol. The Hall–Kier alpha value is -1.93. The molecular formula is C21H27N3O3S. The number of rotatable bonds is 5. The maximum absolute atomic E-state index is 12.2. The highest BCUT2D eigenvalue weighted by Gasteiger charge is 2.25. The van der Waals surface area contributed by atoms with Crippen LogP contribution in [0.4, 0.5) is 5.69 Å². The Bertz CT molecular complexity index is 940. The van der Waals surface area contributed by atoms with E-state index in [0.29, 0.717) is 0 Å². The highest BCUT2D eigenvalue weighted by atomic mass is 32.2. The second-order valence-electron chi connectivity index (χ2n) is 7.39. The van der Waals surface area contributed by atoms with Gasteiger partial charge in [0.25, 0.3) is 0 Å². The first-order chi connectivity index (χ1) is 13.5. The van der Waals surface area contributed by atoms with Crippen LogP contribution in [0.3, 0.4) is 0 Å². The van der Waals surface area contributed by atoms with Crippen LogP contribution in [0.2, 0.25) is 0 Å². The Labute approximate surface area is 166 Å². The Balaban J connectivity index is 1.63. The van der Waals surface area contributed by atoms with Crippen LogP contribution < -0.4 is 15.4 Å². The molecule has 0 aliphatic carbocycles. The van der Waals surface area contributed by atoms with Crippen LogP contribution in [0.15, 0.2) is 47.4 Å². The second-order valence-corrected chi connectivity index (χ2v) is 8.92. The van der Waals surface area contributed by atoms with Gasteiger partial charge in [-0.25, -0.2) is 13.6 Å². The van der Waals surface area contributed by atoms with E-state index < -0.39 is 10.0 Å². The van der Waals surface area contributed by atoms with E-state index in [9.17, 15) is 8.42 Å². The number of primary sulfonamides is 1. The Morgan fingerprint density at radius 3 is 2.68 bits per heavy atom. The molecule has 2 aromatic rings. The minimum absolute atomic E-state index is 0.0407. The lowest BCUT2D eigenvalue weighted by Gasteiger charge is -2.33. The fourth-order valence-electron chi connectivity index (χ4n) is 4.25. The molecule has 3 N–H and O–H groups in total. The van der Waals surface area contributed by atoms with Gasteiger partial charge in [-0.3, -0.25) is 0 Å². The number of piperazine rings is 1. The van der Waals surface area contributed by atoms with Crippen LogP contribution in [0.25, 0.3) is 0 Å². The zero-order valence-corrected chi connectivity index (χ0v) is 16.7. The zero-order chi connectivity index (χ0) is 19.6. The summed E-state index contributed by atoms with van der Waals surface area (Å²) in [5, 5.41) is 8.86. The SMILES string of the molecule is NS(=O)(=O)c1cccc(CCC2OCCc3ccccc32)c1N1CCNCC1. The van der Waals surface area contributed by atoms with E-state index in [1.165, 1.54) is 11.1 Å². The minimum atomic E-state index is -3.79. The molecule has 2 aromatic carbocycles. The van der Waals surface area contributed by atoms with Crippen molar-refractivity contribution in [2.24, 2.45) is 5.14 Å². The number of fused-ring (bicyclic) bond motifs is 1. The summed E-state index contributed by atoms with van der Waals surface area (Å²) in [5.41, 5.74) is 4.37. The van der Waals surface area contributed by atoms with Crippen molar-refractivity contribution in [2.45, 2.75) is 30.3 Å².